The first-order chi connectivity index (χ1) is 11.6. The Morgan fingerprint density at radius 2 is 1.75 bits per heavy atom. The number of anilines is 1. The van der Waals surface area contributed by atoms with Crippen LogP contribution < -0.4 is 10.2 Å². The third-order valence-corrected chi connectivity index (χ3v) is 4.13. The average molecular weight is 326 g/mol. The van der Waals surface area contributed by atoms with Crippen molar-refractivity contribution in [3.8, 4) is 0 Å². The standard InChI is InChI=1S/C19H19FN2O2/c20-16-8-4-14(5-9-16)13-21-19(24)15-6-10-17(11-7-15)22-12-2-1-3-18(22)23/h4-11H,1-3,12-13H2,(H,21,24). The molecule has 1 N–H and O–H groups in total. The second kappa shape index (κ2) is 7.25. The Kier molecular flexibility index (Phi) is 4.89. The molecule has 1 fully saturated rings. The average Bonchev–Trinajstić information content (AvgIpc) is 2.61. The molecule has 0 bridgehead atoms. The minimum atomic E-state index is -0.298. The third kappa shape index (κ3) is 3.79. The Bertz CT molecular complexity index is 726. The van der Waals surface area contributed by atoms with Crippen LogP contribution in [0.4, 0.5) is 10.1 Å². The molecule has 24 heavy (non-hydrogen) atoms. The van der Waals surface area contributed by atoms with E-state index in [2.05, 4.69) is 5.32 Å². The topological polar surface area (TPSA) is 49.4 Å². The highest BCUT2D eigenvalue weighted by Crippen LogP contribution is 2.21. The number of halogens is 1. The van der Waals surface area contributed by atoms with Crippen molar-refractivity contribution in [3.05, 3.63) is 65.5 Å². The number of carbonyl (C=O) groups excluding carboxylic acids is 2. The molecule has 0 atom stereocenters. The second-order valence-corrected chi connectivity index (χ2v) is 5.86. The number of rotatable bonds is 4. The molecular weight excluding hydrogens is 307 g/mol. The van der Waals surface area contributed by atoms with Gasteiger partial charge in [0, 0.05) is 30.8 Å². The van der Waals surface area contributed by atoms with Gasteiger partial charge in [-0.1, -0.05) is 12.1 Å². The summed E-state index contributed by atoms with van der Waals surface area (Å²) in [6, 6.07) is 13.1. The van der Waals surface area contributed by atoms with Gasteiger partial charge in [0.1, 0.15) is 5.82 Å². The fourth-order valence-electron chi connectivity index (χ4n) is 2.76. The van der Waals surface area contributed by atoms with Crippen molar-refractivity contribution < 1.29 is 14.0 Å². The smallest absolute Gasteiger partial charge is 0.251 e. The molecule has 1 aliphatic heterocycles. The largest absolute Gasteiger partial charge is 0.348 e. The van der Waals surface area contributed by atoms with Crippen LogP contribution in [0, 0.1) is 5.82 Å². The van der Waals surface area contributed by atoms with Crippen LogP contribution in [0.1, 0.15) is 35.2 Å². The molecular formula is C19H19FN2O2. The minimum absolute atomic E-state index is 0.134. The molecule has 2 amide bonds. The first kappa shape index (κ1) is 16.2. The fourth-order valence-corrected chi connectivity index (χ4v) is 2.76. The van der Waals surface area contributed by atoms with Gasteiger partial charge >= 0.3 is 0 Å². The van der Waals surface area contributed by atoms with E-state index in [0.29, 0.717) is 18.5 Å². The Balaban J connectivity index is 1.61. The summed E-state index contributed by atoms with van der Waals surface area (Å²) in [5, 5.41) is 2.80. The Morgan fingerprint density at radius 1 is 1.04 bits per heavy atom. The van der Waals surface area contributed by atoms with E-state index in [4.69, 9.17) is 0 Å². The molecule has 2 aromatic carbocycles. The number of nitrogens with one attached hydrogen (secondary N) is 1. The maximum Gasteiger partial charge on any atom is 0.251 e. The molecule has 124 valence electrons. The minimum Gasteiger partial charge on any atom is -0.348 e. The van der Waals surface area contributed by atoms with Crippen LogP contribution in [-0.4, -0.2) is 18.4 Å². The summed E-state index contributed by atoms with van der Waals surface area (Å²) in [6.45, 7) is 1.07. The molecule has 0 aliphatic carbocycles. The molecule has 0 aromatic heterocycles. The van der Waals surface area contributed by atoms with Crippen molar-refractivity contribution in [2.24, 2.45) is 0 Å². The number of amides is 2. The van der Waals surface area contributed by atoms with Crippen LogP contribution in [0.3, 0.4) is 0 Å². The first-order valence-corrected chi connectivity index (χ1v) is 8.06. The van der Waals surface area contributed by atoms with E-state index in [1.807, 2.05) is 0 Å². The highest BCUT2D eigenvalue weighted by molar-refractivity contribution is 5.96. The van der Waals surface area contributed by atoms with Gasteiger partial charge in [0.25, 0.3) is 5.91 Å². The number of piperidine rings is 1. The first-order valence-electron chi connectivity index (χ1n) is 8.06. The van der Waals surface area contributed by atoms with Gasteiger partial charge in [-0.15, -0.1) is 0 Å². The van der Waals surface area contributed by atoms with Crippen LogP contribution in [0.5, 0.6) is 0 Å². The van der Waals surface area contributed by atoms with E-state index in [1.165, 1.54) is 12.1 Å². The van der Waals surface area contributed by atoms with Gasteiger partial charge in [0.15, 0.2) is 0 Å². The van der Waals surface area contributed by atoms with Crippen molar-refractivity contribution in [1.82, 2.24) is 5.32 Å². The molecule has 0 spiro atoms. The summed E-state index contributed by atoms with van der Waals surface area (Å²) >= 11 is 0. The Morgan fingerprint density at radius 3 is 2.42 bits per heavy atom. The highest BCUT2D eigenvalue weighted by atomic mass is 19.1. The summed E-state index contributed by atoms with van der Waals surface area (Å²) in [6.07, 6.45) is 2.53. The van der Waals surface area contributed by atoms with Crippen molar-refractivity contribution in [1.29, 1.82) is 0 Å². The molecule has 5 heteroatoms. The maximum absolute atomic E-state index is 12.9. The normalized spacial score (nSPS) is 14.5. The summed E-state index contributed by atoms with van der Waals surface area (Å²) in [4.78, 5) is 25.9. The van der Waals surface area contributed by atoms with Crippen LogP contribution in [0.15, 0.2) is 48.5 Å². The number of carbonyl (C=O) groups is 2. The van der Waals surface area contributed by atoms with E-state index >= 15 is 0 Å². The maximum atomic E-state index is 12.9. The number of benzene rings is 2. The lowest BCUT2D eigenvalue weighted by Crippen LogP contribution is -2.35. The SMILES string of the molecule is O=C(NCc1ccc(F)cc1)c1ccc(N2CCCCC2=O)cc1. The van der Waals surface area contributed by atoms with E-state index in [1.54, 1.807) is 41.3 Å². The van der Waals surface area contributed by atoms with Crippen molar-refractivity contribution in [3.63, 3.8) is 0 Å². The van der Waals surface area contributed by atoms with E-state index < -0.39 is 0 Å². The van der Waals surface area contributed by atoms with Crippen LogP contribution in [-0.2, 0) is 11.3 Å². The predicted octanol–water partition coefficient (Wildman–Crippen LogP) is 3.27. The number of nitrogens with zero attached hydrogens (tertiary/aromatic N) is 1. The van der Waals surface area contributed by atoms with Crippen LogP contribution in [0.2, 0.25) is 0 Å². The Hall–Kier alpha value is -2.69. The quantitative estimate of drug-likeness (QED) is 0.937. The molecule has 1 saturated heterocycles. The monoisotopic (exact) mass is 326 g/mol. The van der Waals surface area contributed by atoms with Gasteiger partial charge in [-0.05, 0) is 54.8 Å². The zero-order valence-corrected chi connectivity index (χ0v) is 13.3. The zero-order chi connectivity index (χ0) is 16.9. The van der Waals surface area contributed by atoms with Crippen molar-refractivity contribution in [2.45, 2.75) is 25.8 Å². The molecule has 3 rings (SSSR count). The highest BCUT2D eigenvalue weighted by Gasteiger charge is 2.19. The van der Waals surface area contributed by atoms with Crippen molar-refractivity contribution >= 4 is 17.5 Å². The second-order valence-electron chi connectivity index (χ2n) is 5.86. The van der Waals surface area contributed by atoms with Crippen LogP contribution in [0.25, 0.3) is 0 Å². The van der Waals surface area contributed by atoms with E-state index in [0.717, 1.165) is 30.6 Å². The lowest BCUT2D eigenvalue weighted by Gasteiger charge is -2.26. The van der Waals surface area contributed by atoms with Crippen LogP contribution >= 0.6 is 0 Å². The fraction of sp³-hybridized carbons (Fsp3) is 0.263. The van der Waals surface area contributed by atoms with Gasteiger partial charge in [0.2, 0.25) is 5.91 Å². The molecule has 0 saturated carbocycles. The predicted molar refractivity (Wildman–Crippen MR) is 90.2 cm³/mol. The van der Waals surface area contributed by atoms with E-state index in [9.17, 15) is 14.0 Å². The number of hydrogen-bond donors (Lipinski definition) is 1. The molecule has 2 aromatic rings. The van der Waals surface area contributed by atoms with Gasteiger partial charge in [-0.2, -0.15) is 0 Å². The molecule has 1 aliphatic rings. The van der Waals surface area contributed by atoms with Gasteiger partial charge in [-0.25, -0.2) is 4.39 Å². The molecule has 1 heterocycles. The van der Waals surface area contributed by atoms with E-state index in [-0.39, 0.29) is 17.6 Å². The zero-order valence-electron chi connectivity index (χ0n) is 13.3. The summed E-state index contributed by atoms with van der Waals surface area (Å²) in [7, 11) is 0. The summed E-state index contributed by atoms with van der Waals surface area (Å²) in [5.74, 6) is -0.362. The summed E-state index contributed by atoms with van der Waals surface area (Å²) < 4.78 is 12.9. The Labute approximate surface area is 140 Å². The van der Waals surface area contributed by atoms with Crippen molar-refractivity contribution in [2.75, 3.05) is 11.4 Å². The lowest BCUT2D eigenvalue weighted by atomic mass is 10.1. The lowest BCUT2D eigenvalue weighted by molar-refractivity contribution is -0.119. The third-order valence-electron chi connectivity index (χ3n) is 4.13. The van der Waals surface area contributed by atoms with Gasteiger partial charge in [-0.3, -0.25) is 9.59 Å². The van der Waals surface area contributed by atoms with Gasteiger partial charge < -0.3 is 10.2 Å². The number of hydrogen-bond acceptors (Lipinski definition) is 2. The molecule has 4 nitrogen and oxygen atoms in total. The molecule has 0 unspecified atom stereocenters. The van der Waals surface area contributed by atoms with Gasteiger partial charge in [0.05, 0.1) is 0 Å². The molecule has 0 radical (unpaired) electrons. The summed E-state index contributed by atoms with van der Waals surface area (Å²) in [5.41, 5.74) is 2.19.